The van der Waals surface area contributed by atoms with E-state index in [4.69, 9.17) is 11.6 Å². The van der Waals surface area contributed by atoms with Crippen LogP contribution in [0.1, 0.15) is 5.56 Å². The van der Waals surface area contributed by atoms with E-state index in [1.54, 1.807) is 24.5 Å². The number of sulfone groups is 2. The second kappa shape index (κ2) is 7.03. The van der Waals surface area contributed by atoms with Gasteiger partial charge in [-0.05, 0) is 42.0 Å². The number of nitrogens with zero attached hydrogens (tertiary/aromatic N) is 1. The Bertz CT molecular complexity index is 945. The summed E-state index contributed by atoms with van der Waals surface area (Å²) in [5, 5.41) is 2.47. The van der Waals surface area contributed by atoms with Gasteiger partial charge in [-0.3, -0.25) is 4.98 Å². The molecule has 0 amide bonds. The first-order valence-corrected chi connectivity index (χ1v) is 11.3. The number of nitrogens with one attached hydrogen (secondary N) is 1. The Labute approximate surface area is 152 Å². The largest absolute Gasteiger partial charge is 0.308 e. The van der Waals surface area contributed by atoms with Crippen molar-refractivity contribution < 1.29 is 16.8 Å². The standard InChI is InChI=1S/C16H17ClN2O4S2/c17-13-1-3-14(4-2-13)25(22,23)16-11-24(20,21)10-15(16)19-9-12-5-7-18-8-6-12/h1-8,15-16,19H,9-11H2/t15-,16-/m0/s1. The Kier molecular flexibility index (Phi) is 5.15. The fourth-order valence-corrected chi connectivity index (χ4v) is 7.70. The molecule has 9 heteroatoms. The molecule has 0 aliphatic carbocycles. The molecule has 1 aliphatic heterocycles. The van der Waals surface area contributed by atoms with Crippen LogP contribution in [0, 0.1) is 0 Å². The van der Waals surface area contributed by atoms with Crippen molar-refractivity contribution in [2.24, 2.45) is 0 Å². The molecule has 0 bridgehead atoms. The molecule has 2 heterocycles. The highest BCUT2D eigenvalue weighted by molar-refractivity contribution is 7.96. The molecule has 2 atom stereocenters. The van der Waals surface area contributed by atoms with Crippen LogP contribution in [0.5, 0.6) is 0 Å². The van der Waals surface area contributed by atoms with Crippen molar-refractivity contribution in [2.75, 3.05) is 11.5 Å². The van der Waals surface area contributed by atoms with Gasteiger partial charge in [-0.25, -0.2) is 16.8 Å². The Hall–Kier alpha value is -1.48. The summed E-state index contributed by atoms with van der Waals surface area (Å²) in [5.74, 6) is -0.582. The third-order valence-corrected chi connectivity index (χ3v) is 8.58. The third-order valence-electron chi connectivity index (χ3n) is 4.16. The zero-order valence-electron chi connectivity index (χ0n) is 13.2. The highest BCUT2D eigenvalue weighted by Crippen LogP contribution is 2.27. The predicted octanol–water partition coefficient (Wildman–Crippen LogP) is 1.46. The zero-order valence-corrected chi connectivity index (χ0v) is 15.6. The molecular formula is C16H17ClN2O4S2. The molecule has 1 aromatic carbocycles. The lowest BCUT2D eigenvalue weighted by Gasteiger charge is -2.20. The second-order valence-electron chi connectivity index (χ2n) is 5.96. The van der Waals surface area contributed by atoms with Gasteiger partial charge in [-0.15, -0.1) is 0 Å². The molecule has 0 saturated carbocycles. The maximum absolute atomic E-state index is 12.9. The topological polar surface area (TPSA) is 93.2 Å². The van der Waals surface area contributed by atoms with Gasteiger partial charge in [0.1, 0.15) is 0 Å². The first-order chi connectivity index (χ1) is 11.8. The van der Waals surface area contributed by atoms with Crippen LogP contribution in [0.15, 0.2) is 53.7 Å². The van der Waals surface area contributed by atoms with Gasteiger partial charge in [0.05, 0.1) is 21.7 Å². The average molecular weight is 401 g/mol. The van der Waals surface area contributed by atoms with E-state index in [1.807, 2.05) is 0 Å². The maximum atomic E-state index is 12.9. The van der Waals surface area contributed by atoms with E-state index in [-0.39, 0.29) is 16.4 Å². The van der Waals surface area contributed by atoms with Crippen molar-refractivity contribution in [3.8, 4) is 0 Å². The van der Waals surface area contributed by atoms with E-state index in [0.29, 0.717) is 11.6 Å². The summed E-state index contributed by atoms with van der Waals surface area (Å²) in [4.78, 5) is 4.00. The predicted molar refractivity (Wildman–Crippen MR) is 95.9 cm³/mol. The molecule has 1 saturated heterocycles. The summed E-state index contributed by atoms with van der Waals surface area (Å²) in [7, 11) is -7.22. The molecule has 0 unspecified atom stereocenters. The molecule has 6 nitrogen and oxygen atoms in total. The molecule has 25 heavy (non-hydrogen) atoms. The van der Waals surface area contributed by atoms with E-state index in [1.165, 1.54) is 24.3 Å². The first kappa shape index (κ1) is 18.3. The van der Waals surface area contributed by atoms with Crippen molar-refractivity contribution in [2.45, 2.75) is 22.7 Å². The van der Waals surface area contributed by atoms with E-state index < -0.39 is 31.0 Å². The number of pyridine rings is 1. The SMILES string of the molecule is O=S1(=O)C[C@H](NCc2ccncc2)[C@@H](S(=O)(=O)c2ccc(Cl)cc2)C1. The van der Waals surface area contributed by atoms with Crippen LogP contribution < -0.4 is 5.32 Å². The van der Waals surface area contributed by atoms with Gasteiger partial charge in [0.15, 0.2) is 19.7 Å². The minimum absolute atomic E-state index is 0.0784. The highest BCUT2D eigenvalue weighted by atomic mass is 35.5. The van der Waals surface area contributed by atoms with Crippen LogP contribution >= 0.6 is 11.6 Å². The Morgan fingerprint density at radius 3 is 2.36 bits per heavy atom. The van der Waals surface area contributed by atoms with Crippen LogP contribution in [0.3, 0.4) is 0 Å². The van der Waals surface area contributed by atoms with E-state index in [2.05, 4.69) is 10.3 Å². The smallest absolute Gasteiger partial charge is 0.183 e. The van der Waals surface area contributed by atoms with Crippen molar-refractivity contribution in [1.29, 1.82) is 0 Å². The summed E-state index contributed by atoms with van der Waals surface area (Å²) >= 11 is 5.80. The zero-order chi connectivity index (χ0) is 18.1. The lowest BCUT2D eigenvalue weighted by Crippen LogP contribution is -2.43. The van der Waals surface area contributed by atoms with Gasteiger partial charge in [0, 0.05) is 30.0 Å². The molecule has 0 spiro atoms. The minimum atomic E-state index is -3.79. The maximum Gasteiger partial charge on any atom is 0.183 e. The van der Waals surface area contributed by atoms with E-state index >= 15 is 0 Å². The lowest BCUT2D eigenvalue weighted by molar-refractivity contribution is 0.526. The molecular weight excluding hydrogens is 384 g/mol. The van der Waals surface area contributed by atoms with Gasteiger partial charge in [0.25, 0.3) is 0 Å². The molecule has 2 aromatic rings. The number of rotatable bonds is 5. The van der Waals surface area contributed by atoms with Crippen LogP contribution in [-0.2, 0) is 26.2 Å². The van der Waals surface area contributed by atoms with Crippen molar-refractivity contribution in [1.82, 2.24) is 10.3 Å². The first-order valence-electron chi connectivity index (χ1n) is 7.60. The molecule has 1 fully saturated rings. The van der Waals surface area contributed by atoms with Crippen LogP contribution in [0.25, 0.3) is 0 Å². The van der Waals surface area contributed by atoms with E-state index in [0.717, 1.165) is 5.56 Å². The van der Waals surface area contributed by atoms with Crippen molar-refractivity contribution in [3.63, 3.8) is 0 Å². The van der Waals surface area contributed by atoms with Crippen LogP contribution in [0.4, 0.5) is 0 Å². The van der Waals surface area contributed by atoms with Crippen molar-refractivity contribution >= 4 is 31.3 Å². The number of hydrogen-bond acceptors (Lipinski definition) is 6. The van der Waals surface area contributed by atoms with Gasteiger partial charge in [0.2, 0.25) is 0 Å². The van der Waals surface area contributed by atoms with E-state index in [9.17, 15) is 16.8 Å². The Balaban J connectivity index is 1.85. The fraction of sp³-hybridized carbons (Fsp3) is 0.312. The Morgan fingerprint density at radius 2 is 1.72 bits per heavy atom. The molecule has 0 radical (unpaired) electrons. The van der Waals surface area contributed by atoms with Crippen molar-refractivity contribution in [3.05, 3.63) is 59.4 Å². The normalized spacial score (nSPS) is 22.8. The fourth-order valence-electron chi connectivity index (χ4n) is 2.86. The van der Waals surface area contributed by atoms with Crippen LogP contribution in [0.2, 0.25) is 5.02 Å². The van der Waals surface area contributed by atoms with Gasteiger partial charge < -0.3 is 5.32 Å². The summed E-state index contributed by atoms with van der Waals surface area (Å²) in [6.45, 7) is 0.370. The van der Waals surface area contributed by atoms with Crippen LogP contribution in [-0.4, -0.2) is 44.6 Å². The summed E-state index contributed by atoms with van der Waals surface area (Å²) < 4.78 is 49.9. The molecule has 1 aromatic heterocycles. The average Bonchev–Trinajstić information content (AvgIpc) is 2.90. The minimum Gasteiger partial charge on any atom is -0.308 e. The summed E-state index contributed by atoms with van der Waals surface area (Å²) in [5.41, 5.74) is 0.905. The lowest BCUT2D eigenvalue weighted by atomic mass is 10.2. The second-order valence-corrected chi connectivity index (χ2v) is 10.7. The summed E-state index contributed by atoms with van der Waals surface area (Å²) in [6, 6.07) is 8.69. The van der Waals surface area contributed by atoms with Gasteiger partial charge >= 0.3 is 0 Å². The molecule has 1 N–H and O–H groups in total. The highest BCUT2D eigenvalue weighted by Gasteiger charge is 2.45. The number of benzene rings is 1. The number of hydrogen-bond donors (Lipinski definition) is 1. The van der Waals surface area contributed by atoms with Gasteiger partial charge in [-0.1, -0.05) is 11.6 Å². The molecule has 1 aliphatic rings. The summed E-state index contributed by atoms with van der Waals surface area (Å²) in [6.07, 6.45) is 3.26. The Morgan fingerprint density at radius 1 is 1.08 bits per heavy atom. The number of aromatic nitrogens is 1. The quantitative estimate of drug-likeness (QED) is 0.816. The third kappa shape index (κ3) is 4.20. The molecule has 134 valence electrons. The molecule has 3 rings (SSSR count). The monoisotopic (exact) mass is 400 g/mol. The van der Waals surface area contributed by atoms with Gasteiger partial charge in [-0.2, -0.15) is 0 Å². The number of halogens is 1.